The molecule has 0 aliphatic carbocycles. The normalized spacial score (nSPS) is 14.2. The van der Waals surface area contributed by atoms with Gasteiger partial charge in [-0.05, 0) is 17.2 Å². The Balaban J connectivity index is 2.23. The van der Waals surface area contributed by atoms with E-state index in [2.05, 4.69) is 22.6 Å². The first kappa shape index (κ1) is 14.1. The van der Waals surface area contributed by atoms with Crippen LogP contribution in [0.5, 0.6) is 0 Å². The van der Waals surface area contributed by atoms with E-state index < -0.39 is 0 Å². The monoisotopic (exact) mass is 312 g/mol. The number of aromatic nitrogens is 2. The van der Waals surface area contributed by atoms with Crippen molar-refractivity contribution in [2.24, 2.45) is 0 Å². The fraction of sp³-hybridized carbons (Fsp3) is 0.0588. The van der Waals surface area contributed by atoms with Crippen LogP contribution in [0.3, 0.4) is 0 Å². The summed E-state index contributed by atoms with van der Waals surface area (Å²) in [6, 6.07) is 10.0. The molecule has 0 saturated heterocycles. The SMILES string of the molecule is C=C1C=CC=CCSc2c1nc(Cl)nc2-c1ccccc1. The molecule has 3 rings (SSSR count). The van der Waals surface area contributed by atoms with Gasteiger partial charge in [-0.3, -0.25) is 0 Å². The van der Waals surface area contributed by atoms with Gasteiger partial charge >= 0.3 is 0 Å². The Hall–Kier alpha value is -1.84. The summed E-state index contributed by atoms with van der Waals surface area (Å²) in [7, 11) is 0. The fourth-order valence-corrected chi connectivity index (χ4v) is 3.24. The van der Waals surface area contributed by atoms with Crippen LogP contribution < -0.4 is 0 Å². The minimum Gasteiger partial charge on any atom is -0.217 e. The molecule has 1 aromatic heterocycles. The average molecular weight is 313 g/mol. The molecule has 21 heavy (non-hydrogen) atoms. The highest BCUT2D eigenvalue weighted by Crippen LogP contribution is 2.36. The van der Waals surface area contributed by atoms with Crippen LogP contribution in [0.1, 0.15) is 5.69 Å². The van der Waals surface area contributed by atoms with Crippen molar-refractivity contribution in [3.63, 3.8) is 0 Å². The summed E-state index contributed by atoms with van der Waals surface area (Å²) < 4.78 is 0. The predicted octanol–water partition coefficient (Wildman–Crippen LogP) is 5.03. The van der Waals surface area contributed by atoms with Crippen molar-refractivity contribution in [1.82, 2.24) is 9.97 Å². The molecule has 0 unspecified atom stereocenters. The summed E-state index contributed by atoms with van der Waals surface area (Å²) in [5.41, 5.74) is 3.54. The van der Waals surface area contributed by atoms with Gasteiger partial charge in [-0.2, -0.15) is 0 Å². The number of hydrogen-bond donors (Lipinski definition) is 0. The first-order valence-electron chi connectivity index (χ1n) is 6.54. The van der Waals surface area contributed by atoms with Crippen LogP contribution in [-0.2, 0) is 0 Å². The molecule has 1 aliphatic heterocycles. The molecule has 0 radical (unpaired) electrons. The summed E-state index contributed by atoms with van der Waals surface area (Å²) in [5.74, 6) is 0.857. The summed E-state index contributed by atoms with van der Waals surface area (Å²) >= 11 is 7.82. The molecular formula is C17H13ClN2S. The zero-order valence-electron chi connectivity index (χ0n) is 11.3. The Morgan fingerprint density at radius 1 is 1.05 bits per heavy atom. The second-order valence-corrected chi connectivity index (χ2v) is 5.88. The summed E-state index contributed by atoms with van der Waals surface area (Å²) in [4.78, 5) is 9.84. The van der Waals surface area contributed by atoms with Crippen molar-refractivity contribution < 1.29 is 0 Å². The van der Waals surface area contributed by atoms with Gasteiger partial charge in [0.2, 0.25) is 5.28 Å². The maximum Gasteiger partial charge on any atom is 0.223 e. The topological polar surface area (TPSA) is 25.8 Å². The molecule has 2 nitrogen and oxygen atoms in total. The zero-order chi connectivity index (χ0) is 14.7. The lowest BCUT2D eigenvalue weighted by Gasteiger charge is -2.13. The lowest BCUT2D eigenvalue weighted by Crippen LogP contribution is -1.99. The molecule has 1 aliphatic rings. The highest BCUT2D eigenvalue weighted by molar-refractivity contribution is 7.99. The maximum absolute atomic E-state index is 6.12. The van der Waals surface area contributed by atoms with Crippen molar-refractivity contribution in [1.29, 1.82) is 0 Å². The third-order valence-electron chi connectivity index (χ3n) is 3.06. The molecule has 0 atom stereocenters. The second-order valence-electron chi connectivity index (χ2n) is 4.51. The van der Waals surface area contributed by atoms with Gasteiger partial charge in [-0.25, -0.2) is 9.97 Å². The van der Waals surface area contributed by atoms with E-state index in [9.17, 15) is 0 Å². The molecule has 0 spiro atoms. The number of benzene rings is 1. The molecule has 4 heteroatoms. The molecular weight excluding hydrogens is 300 g/mol. The van der Waals surface area contributed by atoms with Crippen LogP contribution in [0.15, 0.2) is 66.1 Å². The van der Waals surface area contributed by atoms with Gasteiger partial charge in [0.15, 0.2) is 0 Å². The molecule has 0 fully saturated rings. The lowest BCUT2D eigenvalue weighted by molar-refractivity contribution is 1.08. The number of allylic oxidation sites excluding steroid dienone is 4. The van der Waals surface area contributed by atoms with Gasteiger partial charge in [-0.15, -0.1) is 11.8 Å². The summed E-state index contributed by atoms with van der Waals surface area (Å²) in [6.45, 7) is 4.09. The first-order chi connectivity index (χ1) is 10.3. The van der Waals surface area contributed by atoms with Gasteiger partial charge in [0.1, 0.15) is 0 Å². The maximum atomic E-state index is 6.12. The van der Waals surface area contributed by atoms with E-state index in [1.54, 1.807) is 11.8 Å². The predicted molar refractivity (Wildman–Crippen MR) is 90.5 cm³/mol. The van der Waals surface area contributed by atoms with Crippen LogP contribution in [0.4, 0.5) is 0 Å². The van der Waals surface area contributed by atoms with Gasteiger partial charge < -0.3 is 0 Å². The van der Waals surface area contributed by atoms with Crippen molar-refractivity contribution in [2.75, 3.05) is 5.75 Å². The highest BCUT2D eigenvalue weighted by Gasteiger charge is 2.17. The molecule has 1 aromatic carbocycles. The van der Waals surface area contributed by atoms with E-state index in [4.69, 9.17) is 11.6 Å². The van der Waals surface area contributed by atoms with Crippen molar-refractivity contribution in [2.45, 2.75) is 4.90 Å². The standard InChI is InChI=1S/C17H13ClN2S/c1-12-8-4-3-7-11-21-16-14(12)19-17(18)20-15(16)13-9-5-2-6-10-13/h2-10H,1,11H2. The van der Waals surface area contributed by atoms with Gasteiger partial charge in [0, 0.05) is 11.3 Å². The summed E-state index contributed by atoms with van der Waals surface area (Å²) in [6.07, 6.45) is 8.03. The van der Waals surface area contributed by atoms with E-state index in [-0.39, 0.29) is 5.28 Å². The quantitative estimate of drug-likeness (QED) is 0.691. The Labute approximate surface area is 133 Å². The second kappa shape index (κ2) is 6.29. The lowest BCUT2D eigenvalue weighted by atomic mass is 10.1. The number of halogens is 1. The van der Waals surface area contributed by atoms with Crippen molar-refractivity contribution >= 4 is 28.9 Å². The Bertz CT molecular complexity index is 736. The summed E-state index contributed by atoms with van der Waals surface area (Å²) in [5, 5.41) is 0.245. The van der Waals surface area contributed by atoms with Crippen molar-refractivity contribution in [3.8, 4) is 11.3 Å². The van der Waals surface area contributed by atoms with Gasteiger partial charge in [0.25, 0.3) is 0 Å². The van der Waals surface area contributed by atoms with E-state index in [1.807, 2.05) is 48.6 Å². The Morgan fingerprint density at radius 3 is 2.62 bits per heavy atom. The third-order valence-corrected chi connectivity index (χ3v) is 4.26. The van der Waals surface area contributed by atoms with Crippen LogP contribution in [0, 0.1) is 0 Å². The number of thioether (sulfide) groups is 1. The molecule has 0 N–H and O–H groups in total. The van der Waals surface area contributed by atoms with Crippen LogP contribution in [-0.4, -0.2) is 15.7 Å². The minimum absolute atomic E-state index is 0.245. The Kier molecular flexibility index (Phi) is 4.23. The minimum atomic E-state index is 0.245. The molecule has 2 aromatic rings. The largest absolute Gasteiger partial charge is 0.223 e. The fourth-order valence-electron chi connectivity index (χ4n) is 2.09. The van der Waals surface area contributed by atoms with E-state index in [0.717, 1.165) is 33.2 Å². The average Bonchev–Trinajstić information content (AvgIpc) is 2.59. The molecule has 2 heterocycles. The molecule has 0 bridgehead atoms. The number of nitrogens with zero attached hydrogens (tertiary/aromatic N) is 2. The smallest absolute Gasteiger partial charge is 0.217 e. The number of hydrogen-bond acceptors (Lipinski definition) is 3. The van der Waals surface area contributed by atoms with E-state index in [1.165, 1.54) is 0 Å². The van der Waals surface area contributed by atoms with Crippen LogP contribution in [0.25, 0.3) is 16.8 Å². The van der Waals surface area contributed by atoms with Gasteiger partial charge in [-0.1, -0.05) is 61.2 Å². The number of fused-ring (bicyclic) bond motifs is 1. The Morgan fingerprint density at radius 2 is 1.81 bits per heavy atom. The zero-order valence-corrected chi connectivity index (χ0v) is 12.9. The molecule has 104 valence electrons. The van der Waals surface area contributed by atoms with Gasteiger partial charge in [0.05, 0.1) is 16.3 Å². The van der Waals surface area contributed by atoms with Crippen LogP contribution in [0.2, 0.25) is 5.28 Å². The molecule has 0 saturated carbocycles. The van der Waals surface area contributed by atoms with Crippen LogP contribution >= 0.6 is 23.4 Å². The third kappa shape index (κ3) is 3.09. The van der Waals surface area contributed by atoms with E-state index in [0.29, 0.717) is 0 Å². The highest BCUT2D eigenvalue weighted by atomic mass is 35.5. The first-order valence-corrected chi connectivity index (χ1v) is 7.90. The van der Waals surface area contributed by atoms with E-state index >= 15 is 0 Å². The number of rotatable bonds is 1. The van der Waals surface area contributed by atoms with Crippen molar-refractivity contribution in [3.05, 3.63) is 72.2 Å². The molecule has 0 amide bonds.